The van der Waals surface area contributed by atoms with Gasteiger partial charge in [0, 0.05) is 5.75 Å². The van der Waals surface area contributed by atoms with Crippen LogP contribution < -0.4 is 10.6 Å². The Morgan fingerprint density at radius 3 is 1.94 bits per heavy atom. The quantitative estimate of drug-likeness (QED) is 0.579. The first-order chi connectivity index (χ1) is 7.52. The van der Waals surface area contributed by atoms with Crippen LogP contribution in [-0.4, -0.2) is 49.3 Å². The van der Waals surface area contributed by atoms with Crippen molar-refractivity contribution >= 4 is 23.3 Å². The van der Waals surface area contributed by atoms with Crippen molar-refractivity contribution in [2.45, 2.75) is 32.4 Å². The highest BCUT2D eigenvalue weighted by atomic mass is 32.2. The molecule has 0 saturated carbocycles. The van der Waals surface area contributed by atoms with Gasteiger partial charge in [0.2, 0.25) is 0 Å². The molecule has 0 saturated heterocycles. The SMILES string of the molecule is CNC(CCSCC(NC)C(C)=O)C(C)=O. The number of ketones is 2. The molecular formula is C11H22N2O2S. The number of nitrogens with one attached hydrogen (secondary N) is 2. The lowest BCUT2D eigenvalue weighted by Gasteiger charge is -2.14. The Morgan fingerprint density at radius 1 is 1.06 bits per heavy atom. The number of hydrogen-bond donors (Lipinski definition) is 2. The minimum absolute atomic E-state index is 0.0575. The summed E-state index contributed by atoms with van der Waals surface area (Å²) in [7, 11) is 3.58. The summed E-state index contributed by atoms with van der Waals surface area (Å²) >= 11 is 1.70. The van der Waals surface area contributed by atoms with E-state index in [4.69, 9.17) is 0 Å². The minimum Gasteiger partial charge on any atom is -0.311 e. The van der Waals surface area contributed by atoms with Gasteiger partial charge in [0.25, 0.3) is 0 Å². The predicted octanol–water partition coefficient (Wildman–Crippen LogP) is 0.464. The van der Waals surface area contributed by atoms with Crippen LogP contribution in [0.3, 0.4) is 0 Å². The summed E-state index contributed by atoms with van der Waals surface area (Å²) < 4.78 is 0. The van der Waals surface area contributed by atoms with Crippen molar-refractivity contribution in [3.05, 3.63) is 0 Å². The maximum atomic E-state index is 11.1. The van der Waals surface area contributed by atoms with E-state index in [1.54, 1.807) is 39.7 Å². The van der Waals surface area contributed by atoms with Gasteiger partial charge in [-0.2, -0.15) is 11.8 Å². The molecular weight excluding hydrogens is 224 g/mol. The van der Waals surface area contributed by atoms with E-state index < -0.39 is 0 Å². The van der Waals surface area contributed by atoms with Crippen molar-refractivity contribution in [1.29, 1.82) is 0 Å². The summed E-state index contributed by atoms with van der Waals surface area (Å²) in [6.45, 7) is 3.19. The first-order valence-electron chi connectivity index (χ1n) is 5.46. The van der Waals surface area contributed by atoms with Crippen LogP contribution in [0.1, 0.15) is 20.3 Å². The van der Waals surface area contributed by atoms with Gasteiger partial charge in [0.15, 0.2) is 0 Å². The van der Waals surface area contributed by atoms with Crippen LogP contribution in [0.25, 0.3) is 0 Å². The van der Waals surface area contributed by atoms with Gasteiger partial charge in [-0.25, -0.2) is 0 Å². The Kier molecular flexibility index (Phi) is 8.51. The average Bonchev–Trinajstić information content (AvgIpc) is 2.22. The third kappa shape index (κ3) is 6.25. The fourth-order valence-electron chi connectivity index (χ4n) is 1.36. The molecule has 0 heterocycles. The highest BCUT2D eigenvalue weighted by Crippen LogP contribution is 2.08. The molecule has 94 valence electrons. The predicted molar refractivity (Wildman–Crippen MR) is 69.0 cm³/mol. The van der Waals surface area contributed by atoms with Gasteiger partial charge in [-0.1, -0.05) is 0 Å². The molecule has 0 aliphatic carbocycles. The molecule has 0 bridgehead atoms. The van der Waals surface area contributed by atoms with Gasteiger partial charge in [-0.05, 0) is 40.1 Å². The molecule has 4 nitrogen and oxygen atoms in total. The normalized spacial score (nSPS) is 14.5. The number of Topliss-reactive ketones (excluding diaryl/α,β-unsaturated/α-hetero) is 2. The standard InChI is InChI=1S/C11H22N2O2S/c1-8(14)10(12-3)5-6-16-7-11(13-4)9(2)15/h10-13H,5-7H2,1-4H3. The molecule has 0 radical (unpaired) electrons. The van der Waals surface area contributed by atoms with Crippen LogP contribution in [-0.2, 0) is 9.59 Å². The molecule has 0 aromatic rings. The molecule has 0 spiro atoms. The molecule has 0 aliphatic heterocycles. The summed E-state index contributed by atoms with van der Waals surface area (Å²) in [5.41, 5.74) is 0. The lowest BCUT2D eigenvalue weighted by atomic mass is 10.1. The summed E-state index contributed by atoms with van der Waals surface area (Å²) in [4.78, 5) is 22.3. The number of hydrogen-bond acceptors (Lipinski definition) is 5. The molecule has 2 atom stereocenters. The first kappa shape index (κ1) is 15.6. The second-order valence-electron chi connectivity index (χ2n) is 3.77. The Bertz CT molecular complexity index is 210. The van der Waals surface area contributed by atoms with E-state index >= 15 is 0 Å². The first-order valence-corrected chi connectivity index (χ1v) is 6.61. The molecule has 0 aliphatic rings. The molecule has 16 heavy (non-hydrogen) atoms. The van der Waals surface area contributed by atoms with Crippen LogP contribution in [0.4, 0.5) is 0 Å². The van der Waals surface area contributed by atoms with E-state index in [1.807, 2.05) is 0 Å². The summed E-state index contributed by atoms with van der Waals surface area (Å²) in [6.07, 6.45) is 0.810. The maximum absolute atomic E-state index is 11.1. The summed E-state index contributed by atoms with van der Waals surface area (Å²) in [5, 5.41) is 5.95. The van der Waals surface area contributed by atoms with Crippen LogP contribution in [0.2, 0.25) is 0 Å². The molecule has 0 rings (SSSR count). The Labute approximate surface area is 102 Å². The fraction of sp³-hybridized carbons (Fsp3) is 0.818. The monoisotopic (exact) mass is 246 g/mol. The smallest absolute Gasteiger partial charge is 0.147 e. The molecule has 2 N–H and O–H groups in total. The van der Waals surface area contributed by atoms with E-state index in [-0.39, 0.29) is 23.7 Å². The van der Waals surface area contributed by atoms with Crippen LogP contribution in [0.5, 0.6) is 0 Å². The molecule has 2 unspecified atom stereocenters. The fourth-order valence-corrected chi connectivity index (χ4v) is 2.56. The Balaban J connectivity index is 3.73. The van der Waals surface area contributed by atoms with Crippen LogP contribution in [0.15, 0.2) is 0 Å². The van der Waals surface area contributed by atoms with Crippen molar-refractivity contribution in [2.24, 2.45) is 0 Å². The summed E-state index contributed by atoms with van der Waals surface area (Å²) in [6, 6.07) is -0.131. The average molecular weight is 246 g/mol. The topological polar surface area (TPSA) is 58.2 Å². The molecule has 0 amide bonds. The third-order valence-electron chi connectivity index (χ3n) is 2.51. The molecule has 0 fully saturated rings. The molecule has 0 aromatic heterocycles. The van der Waals surface area contributed by atoms with Crippen molar-refractivity contribution in [1.82, 2.24) is 10.6 Å². The van der Waals surface area contributed by atoms with Gasteiger partial charge in [-0.15, -0.1) is 0 Å². The minimum atomic E-state index is -0.0737. The van der Waals surface area contributed by atoms with E-state index in [1.165, 1.54) is 0 Å². The highest BCUT2D eigenvalue weighted by Gasteiger charge is 2.13. The lowest BCUT2D eigenvalue weighted by Crippen LogP contribution is -2.35. The zero-order valence-electron chi connectivity index (χ0n) is 10.5. The number of thioether (sulfide) groups is 1. The maximum Gasteiger partial charge on any atom is 0.147 e. The van der Waals surface area contributed by atoms with Gasteiger partial charge in [-0.3, -0.25) is 9.59 Å². The van der Waals surface area contributed by atoms with Crippen molar-refractivity contribution in [2.75, 3.05) is 25.6 Å². The largest absolute Gasteiger partial charge is 0.311 e. The van der Waals surface area contributed by atoms with E-state index in [0.29, 0.717) is 0 Å². The molecule has 5 heteroatoms. The molecule has 0 aromatic carbocycles. The van der Waals surface area contributed by atoms with E-state index in [0.717, 1.165) is 17.9 Å². The van der Waals surface area contributed by atoms with Crippen LogP contribution >= 0.6 is 11.8 Å². The Hall–Kier alpha value is -0.390. The number of carbonyl (C=O) groups is 2. The van der Waals surface area contributed by atoms with Gasteiger partial charge >= 0.3 is 0 Å². The number of likely N-dealkylation sites (N-methyl/N-ethyl adjacent to an activating group) is 2. The van der Waals surface area contributed by atoms with Gasteiger partial charge < -0.3 is 10.6 Å². The second-order valence-corrected chi connectivity index (χ2v) is 4.92. The van der Waals surface area contributed by atoms with E-state index in [9.17, 15) is 9.59 Å². The number of rotatable bonds is 9. The van der Waals surface area contributed by atoms with E-state index in [2.05, 4.69) is 10.6 Å². The van der Waals surface area contributed by atoms with Crippen LogP contribution in [0, 0.1) is 0 Å². The zero-order valence-corrected chi connectivity index (χ0v) is 11.3. The zero-order chi connectivity index (χ0) is 12.6. The second kappa shape index (κ2) is 8.73. The van der Waals surface area contributed by atoms with Gasteiger partial charge in [0.1, 0.15) is 11.6 Å². The Morgan fingerprint density at radius 2 is 1.56 bits per heavy atom. The third-order valence-corrected chi connectivity index (χ3v) is 3.61. The lowest BCUT2D eigenvalue weighted by molar-refractivity contribution is -0.119. The van der Waals surface area contributed by atoms with Crippen molar-refractivity contribution in [3.63, 3.8) is 0 Å². The highest BCUT2D eigenvalue weighted by molar-refractivity contribution is 7.99. The van der Waals surface area contributed by atoms with Gasteiger partial charge in [0.05, 0.1) is 12.1 Å². The number of carbonyl (C=O) groups excluding carboxylic acids is 2. The summed E-state index contributed by atoms with van der Waals surface area (Å²) in [5.74, 6) is 1.98. The van der Waals surface area contributed by atoms with Crippen molar-refractivity contribution < 1.29 is 9.59 Å². The van der Waals surface area contributed by atoms with Crippen molar-refractivity contribution in [3.8, 4) is 0 Å².